The summed E-state index contributed by atoms with van der Waals surface area (Å²) in [5, 5.41) is 0. The second kappa shape index (κ2) is 9.60. The van der Waals surface area contributed by atoms with Crippen molar-refractivity contribution in [3.63, 3.8) is 0 Å². The van der Waals surface area contributed by atoms with Gasteiger partial charge in [-0.15, -0.1) is 0 Å². The predicted octanol–water partition coefficient (Wildman–Crippen LogP) is 2.55. The van der Waals surface area contributed by atoms with Crippen LogP contribution in [0.1, 0.15) is 24.8 Å². The number of hydrogen-bond acceptors (Lipinski definition) is 4. The molecular formula is C20H31N3OS. The van der Waals surface area contributed by atoms with Crippen molar-refractivity contribution < 1.29 is 4.79 Å². The number of thioether (sulfide) groups is 1. The normalized spacial score (nSPS) is 20.6. The van der Waals surface area contributed by atoms with Gasteiger partial charge in [0.25, 0.3) is 0 Å². The molecule has 0 aliphatic carbocycles. The van der Waals surface area contributed by atoms with Crippen LogP contribution < -0.4 is 0 Å². The zero-order chi connectivity index (χ0) is 17.5. The first-order valence-electron chi connectivity index (χ1n) is 9.54. The van der Waals surface area contributed by atoms with Crippen LogP contribution in [0.4, 0.5) is 0 Å². The number of nitrogens with zero attached hydrogens (tertiary/aromatic N) is 3. The molecule has 0 aromatic heterocycles. The van der Waals surface area contributed by atoms with Crippen molar-refractivity contribution in [1.29, 1.82) is 0 Å². The predicted molar refractivity (Wildman–Crippen MR) is 106 cm³/mol. The summed E-state index contributed by atoms with van der Waals surface area (Å²) in [5.74, 6) is 2.88. The Labute approximate surface area is 156 Å². The summed E-state index contributed by atoms with van der Waals surface area (Å²) in [6.45, 7) is 5.33. The van der Waals surface area contributed by atoms with Crippen molar-refractivity contribution >= 4 is 17.7 Å². The van der Waals surface area contributed by atoms with E-state index in [0.717, 1.165) is 45.2 Å². The van der Waals surface area contributed by atoms with E-state index in [1.54, 1.807) is 0 Å². The molecule has 138 valence electrons. The molecule has 4 nitrogen and oxygen atoms in total. The molecule has 0 bridgehead atoms. The van der Waals surface area contributed by atoms with E-state index in [9.17, 15) is 4.79 Å². The molecule has 1 aromatic carbocycles. The average Bonchev–Trinajstić information content (AvgIpc) is 2.89. The van der Waals surface area contributed by atoms with Crippen molar-refractivity contribution in [3.8, 4) is 0 Å². The van der Waals surface area contributed by atoms with E-state index < -0.39 is 0 Å². The molecule has 0 N–H and O–H groups in total. The van der Waals surface area contributed by atoms with Gasteiger partial charge in [-0.1, -0.05) is 30.3 Å². The Balaban J connectivity index is 1.45. The molecule has 2 aliphatic rings. The third-order valence-electron chi connectivity index (χ3n) is 5.29. The van der Waals surface area contributed by atoms with Gasteiger partial charge < -0.3 is 4.90 Å². The molecule has 2 fully saturated rings. The van der Waals surface area contributed by atoms with E-state index >= 15 is 0 Å². The van der Waals surface area contributed by atoms with Crippen molar-refractivity contribution in [2.75, 3.05) is 51.3 Å². The Bertz CT molecular complexity index is 533. The highest BCUT2D eigenvalue weighted by Gasteiger charge is 2.25. The van der Waals surface area contributed by atoms with Crippen LogP contribution in [0.25, 0.3) is 0 Å². The molecule has 2 heterocycles. The van der Waals surface area contributed by atoms with Crippen LogP contribution in [0.2, 0.25) is 0 Å². The van der Waals surface area contributed by atoms with Gasteiger partial charge in [0, 0.05) is 38.8 Å². The molecule has 2 saturated heterocycles. The van der Waals surface area contributed by atoms with E-state index in [1.165, 1.54) is 29.9 Å². The maximum Gasteiger partial charge on any atom is 0.236 e. The van der Waals surface area contributed by atoms with Crippen LogP contribution in [0, 0.1) is 0 Å². The van der Waals surface area contributed by atoms with Crippen LogP contribution in [-0.4, -0.2) is 77.9 Å². The highest BCUT2D eigenvalue weighted by Crippen LogP contribution is 2.22. The van der Waals surface area contributed by atoms with Gasteiger partial charge in [0.15, 0.2) is 0 Å². The first-order chi connectivity index (χ1) is 12.2. The maximum absolute atomic E-state index is 12.7. The van der Waals surface area contributed by atoms with Gasteiger partial charge in [-0.3, -0.25) is 14.6 Å². The Kier molecular flexibility index (Phi) is 7.20. The first-order valence-corrected chi connectivity index (χ1v) is 10.7. The van der Waals surface area contributed by atoms with Crippen LogP contribution in [0.15, 0.2) is 30.3 Å². The SMILES string of the molecule is CN(CC(=O)N1CCCN(C2CCSCC2)CC1)Cc1ccccc1. The highest BCUT2D eigenvalue weighted by molar-refractivity contribution is 7.99. The summed E-state index contributed by atoms with van der Waals surface area (Å²) in [6, 6.07) is 11.1. The molecule has 1 amide bonds. The van der Waals surface area contributed by atoms with Gasteiger partial charge in [0.05, 0.1) is 6.54 Å². The smallest absolute Gasteiger partial charge is 0.236 e. The molecule has 5 heteroatoms. The molecule has 1 aromatic rings. The van der Waals surface area contributed by atoms with E-state index in [4.69, 9.17) is 0 Å². The molecule has 0 spiro atoms. The third kappa shape index (κ3) is 5.73. The summed E-state index contributed by atoms with van der Waals surface area (Å²) in [5.41, 5.74) is 1.26. The lowest BCUT2D eigenvalue weighted by Crippen LogP contribution is -2.43. The van der Waals surface area contributed by atoms with Gasteiger partial charge in [-0.25, -0.2) is 0 Å². The standard InChI is InChI=1S/C20H31N3OS/c1-21(16-18-6-3-2-4-7-18)17-20(24)23-11-5-10-22(12-13-23)19-8-14-25-15-9-19/h2-4,6-7,19H,5,8-17H2,1H3. The van der Waals surface area contributed by atoms with E-state index in [2.05, 4.69) is 50.7 Å². The topological polar surface area (TPSA) is 26.8 Å². The zero-order valence-corrected chi connectivity index (χ0v) is 16.2. The van der Waals surface area contributed by atoms with Crippen molar-refractivity contribution in [2.24, 2.45) is 0 Å². The number of benzene rings is 1. The van der Waals surface area contributed by atoms with Gasteiger partial charge in [0.1, 0.15) is 0 Å². The number of amides is 1. The number of rotatable bonds is 5. The monoisotopic (exact) mass is 361 g/mol. The van der Waals surface area contributed by atoms with E-state index in [1.807, 2.05) is 13.1 Å². The van der Waals surface area contributed by atoms with Crippen molar-refractivity contribution in [2.45, 2.75) is 31.8 Å². The second-order valence-corrected chi connectivity index (χ2v) is 8.50. The number of carbonyl (C=O) groups excluding carboxylic acids is 1. The fraction of sp³-hybridized carbons (Fsp3) is 0.650. The lowest BCUT2D eigenvalue weighted by atomic mass is 10.1. The molecule has 2 aliphatic heterocycles. The second-order valence-electron chi connectivity index (χ2n) is 7.27. The van der Waals surface area contributed by atoms with Crippen LogP contribution in [0.5, 0.6) is 0 Å². The molecule has 3 rings (SSSR count). The van der Waals surface area contributed by atoms with Crippen LogP contribution in [0.3, 0.4) is 0 Å². The fourth-order valence-corrected chi connectivity index (χ4v) is 4.97. The molecule has 0 radical (unpaired) electrons. The molecule has 0 saturated carbocycles. The Hall–Kier alpha value is -1.04. The molecular weight excluding hydrogens is 330 g/mol. The fourth-order valence-electron chi connectivity index (χ4n) is 3.88. The molecule has 0 atom stereocenters. The minimum atomic E-state index is 0.277. The maximum atomic E-state index is 12.7. The highest BCUT2D eigenvalue weighted by atomic mass is 32.2. The number of likely N-dealkylation sites (N-methyl/N-ethyl adjacent to an activating group) is 1. The summed E-state index contributed by atoms with van der Waals surface area (Å²) >= 11 is 2.08. The zero-order valence-electron chi connectivity index (χ0n) is 15.4. The molecule has 25 heavy (non-hydrogen) atoms. The Morgan fingerprint density at radius 3 is 2.64 bits per heavy atom. The third-order valence-corrected chi connectivity index (χ3v) is 6.34. The summed E-state index contributed by atoms with van der Waals surface area (Å²) in [6.07, 6.45) is 3.74. The van der Waals surface area contributed by atoms with E-state index in [0.29, 0.717) is 6.54 Å². The lowest BCUT2D eigenvalue weighted by Gasteiger charge is -2.33. The Morgan fingerprint density at radius 1 is 1.12 bits per heavy atom. The molecule has 0 unspecified atom stereocenters. The van der Waals surface area contributed by atoms with Gasteiger partial charge in [-0.2, -0.15) is 11.8 Å². The van der Waals surface area contributed by atoms with Crippen molar-refractivity contribution in [1.82, 2.24) is 14.7 Å². The number of hydrogen-bond donors (Lipinski definition) is 0. The van der Waals surface area contributed by atoms with Gasteiger partial charge in [0.2, 0.25) is 5.91 Å². The van der Waals surface area contributed by atoms with Crippen molar-refractivity contribution in [3.05, 3.63) is 35.9 Å². The quantitative estimate of drug-likeness (QED) is 0.805. The largest absolute Gasteiger partial charge is 0.340 e. The summed E-state index contributed by atoms with van der Waals surface area (Å²) < 4.78 is 0. The van der Waals surface area contributed by atoms with Gasteiger partial charge in [-0.05, 0) is 43.4 Å². The van der Waals surface area contributed by atoms with Crippen LogP contribution in [-0.2, 0) is 11.3 Å². The summed E-state index contributed by atoms with van der Waals surface area (Å²) in [7, 11) is 2.04. The van der Waals surface area contributed by atoms with E-state index in [-0.39, 0.29) is 5.91 Å². The average molecular weight is 362 g/mol. The first kappa shape index (κ1) is 18.7. The minimum Gasteiger partial charge on any atom is -0.340 e. The van der Waals surface area contributed by atoms with Gasteiger partial charge >= 0.3 is 0 Å². The Morgan fingerprint density at radius 2 is 1.88 bits per heavy atom. The van der Waals surface area contributed by atoms with Crippen LogP contribution >= 0.6 is 11.8 Å². The lowest BCUT2D eigenvalue weighted by molar-refractivity contribution is -0.132. The minimum absolute atomic E-state index is 0.277. The summed E-state index contributed by atoms with van der Waals surface area (Å²) in [4.78, 5) is 19.5. The number of carbonyl (C=O) groups is 1.